The van der Waals surface area contributed by atoms with Crippen molar-refractivity contribution in [2.45, 2.75) is 6.92 Å². The molecule has 0 amide bonds. The monoisotopic (exact) mass is 352 g/mol. The zero-order chi connectivity index (χ0) is 15.5. The van der Waals surface area contributed by atoms with Crippen molar-refractivity contribution in [1.29, 1.82) is 0 Å². The van der Waals surface area contributed by atoms with Gasteiger partial charge in [-0.05, 0) is 52.7 Å². The summed E-state index contributed by atoms with van der Waals surface area (Å²) in [5, 5.41) is 2.49. The molecule has 2 heterocycles. The van der Waals surface area contributed by atoms with Crippen LogP contribution in [0.1, 0.15) is 5.56 Å². The molecule has 0 saturated carbocycles. The predicted octanol–water partition coefficient (Wildman–Crippen LogP) is 5.48. The van der Waals surface area contributed by atoms with Gasteiger partial charge in [0, 0.05) is 29.5 Å². The molecular weight excluding hydrogens is 336 g/mol. The maximum atomic E-state index is 4.18. The number of hydrogen-bond donors (Lipinski definition) is 0. The van der Waals surface area contributed by atoms with Crippen LogP contribution in [0.4, 0.5) is 0 Å². The van der Waals surface area contributed by atoms with Gasteiger partial charge in [0.1, 0.15) is 0 Å². The fourth-order valence-corrected chi connectivity index (χ4v) is 2.86. The van der Waals surface area contributed by atoms with E-state index in [4.69, 9.17) is 0 Å². The van der Waals surface area contributed by atoms with Crippen LogP contribution in [-0.2, 0) is 7.05 Å². The number of halogens is 1. The summed E-state index contributed by atoms with van der Waals surface area (Å²) in [5.41, 5.74) is 3.64. The van der Waals surface area contributed by atoms with Gasteiger partial charge in [-0.15, -0.1) is 0 Å². The Labute approximate surface area is 138 Å². The first kappa shape index (κ1) is 14.8. The second-order valence-electron chi connectivity index (χ2n) is 5.28. The molecule has 4 aromatic rings. The highest BCUT2D eigenvalue weighted by atomic mass is 79.9. The molecule has 0 N–H and O–H groups in total. The molecule has 0 radical (unpaired) electrons. The summed E-state index contributed by atoms with van der Waals surface area (Å²) < 4.78 is 3.27. The Morgan fingerprint density at radius 3 is 2.50 bits per heavy atom. The first-order chi connectivity index (χ1) is 10.6. The van der Waals surface area contributed by atoms with E-state index >= 15 is 0 Å². The summed E-state index contributed by atoms with van der Waals surface area (Å²) in [5.74, 6) is 0. The number of aryl methyl sites for hydroxylation is 2. The summed E-state index contributed by atoms with van der Waals surface area (Å²) in [4.78, 5) is 4.18. The zero-order valence-corrected chi connectivity index (χ0v) is 14.2. The molecule has 3 heteroatoms. The highest BCUT2D eigenvalue weighted by Gasteiger charge is 2.01. The average molecular weight is 353 g/mol. The quantitative estimate of drug-likeness (QED) is 0.409. The molecule has 0 bridgehead atoms. The van der Waals surface area contributed by atoms with Crippen LogP contribution in [0.2, 0.25) is 0 Å². The SMILES string of the molecule is Cc1ccc2cc(Br)n(C)c2c1.c1ccc2ncccc2c1. The van der Waals surface area contributed by atoms with Crippen molar-refractivity contribution in [3.05, 3.63) is 77.0 Å². The van der Waals surface area contributed by atoms with Crippen LogP contribution in [-0.4, -0.2) is 9.55 Å². The molecule has 2 aromatic heterocycles. The molecule has 0 aliphatic carbocycles. The number of hydrogen-bond acceptors (Lipinski definition) is 1. The Kier molecular flexibility index (Phi) is 4.25. The first-order valence-electron chi connectivity index (χ1n) is 7.16. The molecule has 0 atom stereocenters. The molecule has 0 fully saturated rings. The lowest BCUT2D eigenvalue weighted by atomic mass is 10.2. The van der Waals surface area contributed by atoms with Crippen LogP contribution in [0.5, 0.6) is 0 Å². The number of rotatable bonds is 0. The van der Waals surface area contributed by atoms with Crippen LogP contribution in [0, 0.1) is 6.92 Å². The first-order valence-corrected chi connectivity index (χ1v) is 7.96. The molecule has 0 aliphatic heterocycles. The van der Waals surface area contributed by atoms with Crippen molar-refractivity contribution in [3.63, 3.8) is 0 Å². The minimum Gasteiger partial charge on any atom is -0.338 e. The van der Waals surface area contributed by atoms with Gasteiger partial charge in [-0.2, -0.15) is 0 Å². The smallest absolute Gasteiger partial charge is 0.0854 e. The molecule has 2 aromatic carbocycles. The largest absolute Gasteiger partial charge is 0.338 e. The van der Waals surface area contributed by atoms with Crippen LogP contribution >= 0.6 is 15.9 Å². The molecule has 2 nitrogen and oxygen atoms in total. The lowest BCUT2D eigenvalue weighted by molar-refractivity contribution is 0.940. The Bertz CT molecular complexity index is 860. The third-order valence-corrected chi connectivity index (χ3v) is 4.42. The summed E-state index contributed by atoms with van der Waals surface area (Å²) in [6.07, 6.45) is 1.81. The second-order valence-corrected chi connectivity index (χ2v) is 6.10. The van der Waals surface area contributed by atoms with E-state index in [0.29, 0.717) is 0 Å². The van der Waals surface area contributed by atoms with Gasteiger partial charge in [0.15, 0.2) is 0 Å². The Hall–Kier alpha value is -2.13. The maximum absolute atomic E-state index is 4.18. The zero-order valence-electron chi connectivity index (χ0n) is 12.6. The molecule has 22 heavy (non-hydrogen) atoms. The number of aromatic nitrogens is 2. The van der Waals surface area contributed by atoms with Gasteiger partial charge in [0.05, 0.1) is 10.1 Å². The molecule has 0 spiro atoms. The molecular formula is C19H17BrN2. The van der Waals surface area contributed by atoms with E-state index in [9.17, 15) is 0 Å². The van der Waals surface area contributed by atoms with Gasteiger partial charge >= 0.3 is 0 Å². The van der Waals surface area contributed by atoms with Crippen LogP contribution in [0.25, 0.3) is 21.8 Å². The summed E-state index contributed by atoms with van der Waals surface area (Å²) in [6, 6.07) is 20.7. The second kappa shape index (κ2) is 6.32. The van der Waals surface area contributed by atoms with Crippen molar-refractivity contribution >= 4 is 37.7 Å². The van der Waals surface area contributed by atoms with Crippen molar-refractivity contribution in [2.24, 2.45) is 7.05 Å². The number of fused-ring (bicyclic) bond motifs is 2. The van der Waals surface area contributed by atoms with Crippen molar-refractivity contribution in [3.8, 4) is 0 Å². The Morgan fingerprint density at radius 2 is 1.68 bits per heavy atom. The van der Waals surface area contributed by atoms with Gasteiger partial charge in [0.2, 0.25) is 0 Å². The minimum absolute atomic E-state index is 1.06. The van der Waals surface area contributed by atoms with Gasteiger partial charge in [-0.25, -0.2) is 0 Å². The van der Waals surface area contributed by atoms with Crippen LogP contribution in [0.15, 0.2) is 71.5 Å². The number of benzene rings is 2. The fourth-order valence-electron chi connectivity index (χ4n) is 2.42. The van der Waals surface area contributed by atoms with E-state index in [2.05, 4.69) is 75.9 Å². The molecule has 0 saturated heterocycles. The highest BCUT2D eigenvalue weighted by Crippen LogP contribution is 2.23. The van der Waals surface area contributed by atoms with Gasteiger partial charge in [-0.3, -0.25) is 4.98 Å². The average Bonchev–Trinajstić information content (AvgIpc) is 2.83. The highest BCUT2D eigenvalue weighted by molar-refractivity contribution is 9.10. The van der Waals surface area contributed by atoms with E-state index in [0.717, 1.165) is 10.1 Å². The lowest BCUT2D eigenvalue weighted by Crippen LogP contribution is -1.86. The summed E-state index contributed by atoms with van der Waals surface area (Å²) >= 11 is 3.50. The third kappa shape index (κ3) is 3.04. The van der Waals surface area contributed by atoms with E-state index < -0.39 is 0 Å². The van der Waals surface area contributed by atoms with Crippen molar-refractivity contribution < 1.29 is 0 Å². The van der Waals surface area contributed by atoms with Gasteiger partial charge in [-0.1, -0.05) is 36.4 Å². The number of pyridine rings is 1. The van der Waals surface area contributed by atoms with Crippen LogP contribution < -0.4 is 0 Å². The molecule has 0 aliphatic rings. The number of nitrogens with zero attached hydrogens (tertiary/aromatic N) is 2. The molecule has 110 valence electrons. The Balaban J connectivity index is 0.000000133. The van der Waals surface area contributed by atoms with Crippen molar-refractivity contribution in [2.75, 3.05) is 0 Å². The van der Waals surface area contributed by atoms with E-state index in [-0.39, 0.29) is 0 Å². The summed E-state index contributed by atoms with van der Waals surface area (Å²) in [6.45, 7) is 2.11. The van der Waals surface area contributed by atoms with E-state index in [1.807, 2.05) is 30.5 Å². The van der Waals surface area contributed by atoms with E-state index in [1.54, 1.807) is 0 Å². The van der Waals surface area contributed by atoms with Gasteiger partial charge < -0.3 is 4.57 Å². The minimum atomic E-state index is 1.06. The van der Waals surface area contributed by atoms with Crippen LogP contribution in [0.3, 0.4) is 0 Å². The predicted molar refractivity (Wildman–Crippen MR) is 97.1 cm³/mol. The molecule has 4 rings (SSSR count). The van der Waals surface area contributed by atoms with Gasteiger partial charge in [0.25, 0.3) is 0 Å². The normalized spacial score (nSPS) is 10.5. The van der Waals surface area contributed by atoms with Crippen molar-refractivity contribution in [1.82, 2.24) is 9.55 Å². The topological polar surface area (TPSA) is 17.8 Å². The standard InChI is InChI=1S/C10H10BrN.C9H7N/c1-7-3-4-8-6-10(11)12(2)9(8)5-7;1-2-6-9-8(4-1)5-3-7-10-9/h3-6H,1-2H3;1-7H. The molecule has 0 unspecified atom stereocenters. The summed E-state index contributed by atoms with van der Waals surface area (Å²) in [7, 11) is 2.06. The lowest BCUT2D eigenvalue weighted by Gasteiger charge is -1.98. The third-order valence-electron chi connectivity index (χ3n) is 3.65. The fraction of sp³-hybridized carbons (Fsp3) is 0.105. The maximum Gasteiger partial charge on any atom is 0.0854 e. The Morgan fingerprint density at radius 1 is 0.909 bits per heavy atom. The number of para-hydroxylation sites is 1. The van der Waals surface area contributed by atoms with E-state index in [1.165, 1.54) is 21.9 Å².